The zero-order chi connectivity index (χ0) is 12.3. The first-order chi connectivity index (χ1) is 8.10. The Morgan fingerprint density at radius 1 is 1.53 bits per heavy atom. The molecule has 1 atom stereocenters. The van der Waals surface area contributed by atoms with Crippen molar-refractivity contribution in [3.63, 3.8) is 0 Å². The number of hydrogen-bond donors (Lipinski definition) is 2. The molecule has 0 saturated carbocycles. The predicted octanol–water partition coefficient (Wildman–Crippen LogP) is 1.23. The molecule has 1 fully saturated rings. The smallest absolute Gasteiger partial charge is 0.259 e. The van der Waals surface area contributed by atoms with Gasteiger partial charge in [0.2, 0.25) is 0 Å². The van der Waals surface area contributed by atoms with Crippen LogP contribution in [0.5, 0.6) is 0 Å². The summed E-state index contributed by atoms with van der Waals surface area (Å²) in [5.41, 5.74) is -0.971. The van der Waals surface area contributed by atoms with Crippen LogP contribution in [-0.4, -0.2) is 28.3 Å². The van der Waals surface area contributed by atoms with Crippen LogP contribution in [0.3, 0.4) is 0 Å². The Kier molecular flexibility index (Phi) is 3.79. The van der Waals surface area contributed by atoms with Crippen molar-refractivity contribution in [1.29, 1.82) is 0 Å². The number of nitrogens with zero attached hydrogens (tertiary/aromatic N) is 2. The third kappa shape index (κ3) is 3.04. The van der Waals surface area contributed by atoms with Gasteiger partial charge in [-0.05, 0) is 31.7 Å². The van der Waals surface area contributed by atoms with E-state index in [-0.39, 0.29) is 0 Å². The molecule has 0 amide bonds. The van der Waals surface area contributed by atoms with Gasteiger partial charge in [-0.3, -0.25) is 0 Å². The summed E-state index contributed by atoms with van der Waals surface area (Å²) in [5, 5.41) is 17.5. The van der Waals surface area contributed by atoms with Crippen molar-refractivity contribution in [2.75, 3.05) is 13.1 Å². The molecule has 0 aromatic carbocycles. The van der Waals surface area contributed by atoms with Crippen molar-refractivity contribution in [3.8, 4) is 0 Å². The number of nitrogens with one attached hydrogen (secondary N) is 1. The monoisotopic (exact) mass is 239 g/mol. The second kappa shape index (κ2) is 5.14. The molecule has 2 rings (SSSR count). The summed E-state index contributed by atoms with van der Waals surface area (Å²) >= 11 is 0. The van der Waals surface area contributed by atoms with Crippen LogP contribution in [0, 0.1) is 5.92 Å². The highest BCUT2D eigenvalue weighted by Crippen LogP contribution is 2.26. The SMILES string of the molecule is CC(C)CCc1noc(C2(O)CCCNC2)n1. The van der Waals surface area contributed by atoms with Gasteiger partial charge in [-0.15, -0.1) is 0 Å². The number of β-amino-alcohol motifs (C(OH)–C–C–N with tert-alkyl or cyclic N) is 1. The minimum absolute atomic E-state index is 0.364. The average molecular weight is 239 g/mol. The third-order valence-corrected chi connectivity index (χ3v) is 3.17. The van der Waals surface area contributed by atoms with Gasteiger partial charge in [-0.25, -0.2) is 0 Å². The van der Waals surface area contributed by atoms with Crippen molar-refractivity contribution in [2.24, 2.45) is 5.92 Å². The van der Waals surface area contributed by atoms with Gasteiger partial charge < -0.3 is 14.9 Å². The van der Waals surface area contributed by atoms with E-state index < -0.39 is 5.60 Å². The van der Waals surface area contributed by atoms with Crippen molar-refractivity contribution in [3.05, 3.63) is 11.7 Å². The summed E-state index contributed by atoms with van der Waals surface area (Å²) in [6.45, 7) is 5.77. The molecule has 0 aliphatic carbocycles. The van der Waals surface area contributed by atoms with E-state index in [1.807, 2.05) is 0 Å². The molecule has 1 aliphatic heterocycles. The molecular formula is C12H21N3O2. The number of rotatable bonds is 4. The Labute approximate surface area is 102 Å². The van der Waals surface area contributed by atoms with Crippen LogP contribution >= 0.6 is 0 Å². The van der Waals surface area contributed by atoms with Gasteiger partial charge in [-0.1, -0.05) is 19.0 Å². The normalized spacial score (nSPS) is 25.4. The Balaban J connectivity index is 2.01. The summed E-state index contributed by atoms with van der Waals surface area (Å²) in [6.07, 6.45) is 3.46. The van der Waals surface area contributed by atoms with E-state index in [9.17, 15) is 5.11 Å². The number of aromatic nitrogens is 2. The Bertz CT molecular complexity index is 356. The maximum Gasteiger partial charge on any atom is 0.259 e. The second-order valence-electron chi connectivity index (χ2n) is 5.26. The van der Waals surface area contributed by atoms with E-state index in [0.29, 0.717) is 30.6 Å². The van der Waals surface area contributed by atoms with Gasteiger partial charge >= 0.3 is 0 Å². The molecule has 0 spiro atoms. The maximum absolute atomic E-state index is 10.4. The standard InChI is InChI=1S/C12H21N3O2/c1-9(2)4-5-10-14-11(17-15-10)12(16)6-3-7-13-8-12/h9,13,16H,3-8H2,1-2H3. The minimum atomic E-state index is -0.971. The zero-order valence-corrected chi connectivity index (χ0v) is 10.6. The number of aliphatic hydroxyl groups is 1. The molecule has 2 heterocycles. The lowest BCUT2D eigenvalue weighted by Crippen LogP contribution is -2.43. The van der Waals surface area contributed by atoms with E-state index in [1.54, 1.807) is 0 Å². The van der Waals surface area contributed by atoms with E-state index in [1.165, 1.54) is 0 Å². The number of aryl methyl sites for hydroxylation is 1. The highest BCUT2D eigenvalue weighted by molar-refractivity contribution is 5.02. The first-order valence-electron chi connectivity index (χ1n) is 6.36. The lowest BCUT2D eigenvalue weighted by molar-refractivity contribution is -0.0167. The highest BCUT2D eigenvalue weighted by atomic mass is 16.5. The van der Waals surface area contributed by atoms with Gasteiger partial charge in [0.15, 0.2) is 11.4 Å². The van der Waals surface area contributed by atoms with Gasteiger partial charge in [0, 0.05) is 13.0 Å². The topological polar surface area (TPSA) is 71.2 Å². The van der Waals surface area contributed by atoms with Crippen molar-refractivity contribution in [1.82, 2.24) is 15.5 Å². The van der Waals surface area contributed by atoms with E-state index in [0.717, 1.165) is 25.8 Å². The minimum Gasteiger partial charge on any atom is -0.379 e. The molecule has 0 radical (unpaired) electrons. The Morgan fingerprint density at radius 2 is 2.35 bits per heavy atom. The molecule has 1 unspecified atom stereocenters. The second-order valence-corrected chi connectivity index (χ2v) is 5.26. The first kappa shape index (κ1) is 12.5. The zero-order valence-electron chi connectivity index (χ0n) is 10.6. The van der Waals surface area contributed by atoms with Gasteiger partial charge in [0.05, 0.1) is 0 Å². The third-order valence-electron chi connectivity index (χ3n) is 3.17. The molecule has 1 saturated heterocycles. The lowest BCUT2D eigenvalue weighted by atomic mass is 9.94. The summed E-state index contributed by atoms with van der Waals surface area (Å²) in [4.78, 5) is 4.31. The fraction of sp³-hybridized carbons (Fsp3) is 0.833. The van der Waals surface area contributed by atoms with Crippen LogP contribution in [0.4, 0.5) is 0 Å². The summed E-state index contributed by atoms with van der Waals surface area (Å²) in [5.74, 6) is 1.69. The molecule has 1 aliphatic rings. The van der Waals surface area contributed by atoms with Crippen LogP contribution in [0.25, 0.3) is 0 Å². The number of piperidine rings is 1. The molecule has 5 heteroatoms. The molecular weight excluding hydrogens is 218 g/mol. The largest absolute Gasteiger partial charge is 0.379 e. The Morgan fingerprint density at radius 3 is 3.00 bits per heavy atom. The lowest BCUT2D eigenvalue weighted by Gasteiger charge is -2.28. The summed E-state index contributed by atoms with van der Waals surface area (Å²) in [6, 6.07) is 0. The fourth-order valence-corrected chi connectivity index (χ4v) is 2.03. The van der Waals surface area contributed by atoms with Crippen molar-refractivity contribution >= 4 is 0 Å². The van der Waals surface area contributed by atoms with Gasteiger partial charge in [-0.2, -0.15) is 4.98 Å². The molecule has 96 valence electrons. The average Bonchev–Trinajstić information content (AvgIpc) is 2.76. The summed E-state index contributed by atoms with van der Waals surface area (Å²) in [7, 11) is 0. The van der Waals surface area contributed by atoms with Crippen LogP contribution in [0.15, 0.2) is 4.52 Å². The fourth-order valence-electron chi connectivity index (χ4n) is 2.03. The maximum atomic E-state index is 10.4. The van der Waals surface area contributed by atoms with Crippen LogP contribution in [0.2, 0.25) is 0 Å². The van der Waals surface area contributed by atoms with Crippen molar-refractivity contribution < 1.29 is 9.63 Å². The van der Waals surface area contributed by atoms with Gasteiger partial charge in [0.1, 0.15) is 0 Å². The van der Waals surface area contributed by atoms with Gasteiger partial charge in [0.25, 0.3) is 5.89 Å². The van der Waals surface area contributed by atoms with Crippen molar-refractivity contribution in [2.45, 2.75) is 45.1 Å². The molecule has 2 N–H and O–H groups in total. The molecule has 0 bridgehead atoms. The van der Waals surface area contributed by atoms with E-state index in [2.05, 4.69) is 29.3 Å². The van der Waals surface area contributed by atoms with Crippen LogP contribution in [-0.2, 0) is 12.0 Å². The molecule has 5 nitrogen and oxygen atoms in total. The van der Waals surface area contributed by atoms with E-state index in [4.69, 9.17) is 4.52 Å². The quantitative estimate of drug-likeness (QED) is 0.827. The van der Waals surface area contributed by atoms with Crippen LogP contribution in [0.1, 0.15) is 44.8 Å². The highest BCUT2D eigenvalue weighted by Gasteiger charge is 2.36. The molecule has 1 aromatic heterocycles. The predicted molar refractivity (Wildman–Crippen MR) is 63.5 cm³/mol. The molecule has 1 aromatic rings. The summed E-state index contributed by atoms with van der Waals surface area (Å²) < 4.78 is 5.19. The number of hydrogen-bond acceptors (Lipinski definition) is 5. The first-order valence-corrected chi connectivity index (χ1v) is 6.36. The molecule has 17 heavy (non-hydrogen) atoms. The van der Waals surface area contributed by atoms with E-state index >= 15 is 0 Å². The van der Waals surface area contributed by atoms with Crippen LogP contribution < -0.4 is 5.32 Å². The Hall–Kier alpha value is -0.940.